The van der Waals surface area contributed by atoms with Crippen molar-refractivity contribution in [1.82, 2.24) is 10.3 Å². The second-order valence-corrected chi connectivity index (χ2v) is 5.83. The van der Waals surface area contributed by atoms with E-state index in [1.165, 1.54) is 27.6 Å². The Labute approximate surface area is 111 Å². The van der Waals surface area contributed by atoms with Gasteiger partial charge in [0.2, 0.25) is 0 Å². The van der Waals surface area contributed by atoms with Gasteiger partial charge in [0, 0.05) is 28.5 Å². The Hall–Kier alpha value is -1.26. The zero-order valence-corrected chi connectivity index (χ0v) is 11.6. The Bertz CT molecular complexity index is 517. The van der Waals surface area contributed by atoms with Gasteiger partial charge in [-0.2, -0.15) is 0 Å². The van der Waals surface area contributed by atoms with E-state index in [0.29, 0.717) is 0 Å². The second kappa shape index (κ2) is 5.59. The van der Waals surface area contributed by atoms with Crippen LogP contribution in [-0.2, 0) is 6.54 Å². The van der Waals surface area contributed by atoms with E-state index in [1.807, 2.05) is 6.92 Å². The molecule has 0 aliphatic heterocycles. The lowest BCUT2D eigenvalue weighted by Gasteiger charge is -2.13. The van der Waals surface area contributed by atoms with E-state index in [4.69, 9.17) is 0 Å². The molecule has 0 amide bonds. The average Bonchev–Trinajstić information content (AvgIpc) is 2.66. The zero-order chi connectivity index (χ0) is 13.1. The first kappa shape index (κ1) is 13.2. The molecule has 0 radical (unpaired) electrons. The molecule has 18 heavy (non-hydrogen) atoms. The highest BCUT2D eigenvalue weighted by Gasteiger charge is 2.08. The van der Waals surface area contributed by atoms with Crippen LogP contribution in [0.3, 0.4) is 0 Å². The maximum atomic E-state index is 13.1. The molecule has 4 heteroatoms. The van der Waals surface area contributed by atoms with E-state index in [9.17, 15) is 4.39 Å². The first-order valence-corrected chi connectivity index (χ1v) is 6.77. The van der Waals surface area contributed by atoms with E-state index in [2.05, 4.69) is 30.2 Å². The third-order valence-corrected chi connectivity index (χ3v) is 4.18. The highest BCUT2D eigenvalue weighted by Crippen LogP contribution is 2.21. The number of pyridine rings is 1. The molecule has 2 nitrogen and oxygen atoms in total. The van der Waals surface area contributed by atoms with Crippen molar-refractivity contribution in [3.05, 3.63) is 51.2 Å². The monoisotopic (exact) mass is 264 g/mol. The number of rotatable bonds is 4. The van der Waals surface area contributed by atoms with E-state index in [0.717, 1.165) is 12.1 Å². The molecule has 0 aromatic carbocycles. The number of aromatic nitrogens is 1. The molecule has 0 aliphatic rings. The molecule has 2 aromatic rings. The second-order valence-electron chi connectivity index (χ2n) is 4.49. The molecule has 0 aliphatic carbocycles. The van der Waals surface area contributed by atoms with Crippen molar-refractivity contribution in [2.75, 3.05) is 0 Å². The molecule has 0 fully saturated rings. The number of thiophene rings is 1. The number of hydrogen-bond donors (Lipinski definition) is 1. The minimum absolute atomic E-state index is 0.0934. The Morgan fingerprint density at radius 1 is 1.33 bits per heavy atom. The van der Waals surface area contributed by atoms with Gasteiger partial charge in [-0.05, 0) is 44.0 Å². The topological polar surface area (TPSA) is 24.9 Å². The molecule has 1 atom stereocenters. The third kappa shape index (κ3) is 3.15. The summed E-state index contributed by atoms with van der Waals surface area (Å²) in [6, 6.07) is 3.81. The fourth-order valence-electron chi connectivity index (χ4n) is 1.77. The van der Waals surface area contributed by atoms with Crippen LogP contribution in [0.4, 0.5) is 4.39 Å². The molecular weight excluding hydrogens is 247 g/mol. The highest BCUT2D eigenvalue weighted by atomic mass is 32.1. The van der Waals surface area contributed by atoms with Crippen molar-refractivity contribution in [3.63, 3.8) is 0 Å². The van der Waals surface area contributed by atoms with E-state index in [1.54, 1.807) is 17.5 Å². The normalized spacial score (nSPS) is 12.7. The summed E-state index contributed by atoms with van der Waals surface area (Å²) in [5.74, 6) is -0.288. The summed E-state index contributed by atoms with van der Waals surface area (Å²) < 4.78 is 13.1. The van der Waals surface area contributed by atoms with Gasteiger partial charge in [0.05, 0.1) is 6.20 Å². The van der Waals surface area contributed by atoms with Gasteiger partial charge >= 0.3 is 0 Å². The van der Waals surface area contributed by atoms with Gasteiger partial charge in [-0.3, -0.25) is 4.98 Å². The summed E-state index contributed by atoms with van der Waals surface area (Å²) in [7, 11) is 0. The number of aryl methyl sites for hydroxylation is 2. The number of halogens is 1. The molecule has 96 valence electrons. The predicted molar refractivity (Wildman–Crippen MR) is 73.2 cm³/mol. The predicted octanol–water partition coefficient (Wildman–Crippen LogP) is 3.75. The molecule has 2 heterocycles. The lowest BCUT2D eigenvalue weighted by Crippen LogP contribution is -2.17. The van der Waals surface area contributed by atoms with Crippen LogP contribution in [0, 0.1) is 19.7 Å². The van der Waals surface area contributed by atoms with Crippen LogP contribution < -0.4 is 5.32 Å². The minimum atomic E-state index is -0.288. The van der Waals surface area contributed by atoms with Gasteiger partial charge in [-0.1, -0.05) is 0 Å². The van der Waals surface area contributed by atoms with Gasteiger partial charge in [0.15, 0.2) is 0 Å². The molecule has 0 saturated carbocycles. The van der Waals surface area contributed by atoms with Crippen molar-refractivity contribution >= 4 is 11.3 Å². The Morgan fingerprint density at radius 3 is 2.72 bits per heavy atom. The van der Waals surface area contributed by atoms with Crippen LogP contribution in [0.5, 0.6) is 0 Å². The summed E-state index contributed by atoms with van der Waals surface area (Å²) in [6.07, 6.45) is 2.92. The lowest BCUT2D eigenvalue weighted by atomic mass is 10.1. The van der Waals surface area contributed by atoms with Crippen LogP contribution in [0.25, 0.3) is 0 Å². The first-order valence-electron chi connectivity index (χ1n) is 5.96. The summed E-state index contributed by atoms with van der Waals surface area (Å²) >= 11 is 1.80. The maximum Gasteiger partial charge on any atom is 0.141 e. The summed E-state index contributed by atoms with van der Waals surface area (Å²) in [5, 5.41) is 3.39. The van der Waals surface area contributed by atoms with E-state index >= 15 is 0 Å². The summed E-state index contributed by atoms with van der Waals surface area (Å²) in [5.41, 5.74) is 2.21. The Balaban J connectivity index is 1.98. The SMILES string of the molecule is Cc1cc(CNC(C)c2cncc(F)c2)sc1C. The van der Waals surface area contributed by atoms with Crippen molar-refractivity contribution < 1.29 is 4.39 Å². The first-order chi connectivity index (χ1) is 8.56. The van der Waals surface area contributed by atoms with E-state index < -0.39 is 0 Å². The fourth-order valence-corrected chi connectivity index (χ4v) is 2.78. The van der Waals surface area contributed by atoms with E-state index in [-0.39, 0.29) is 11.9 Å². The molecule has 0 saturated heterocycles. The van der Waals surface area contributed by atoms with Crippen LogP contribution in [0.1, 0.15) is 33.8 Å². The van der Waals surface area contributed by atoms with Crippen molar-refractivity contribution in [2.45, 2.75) is 33.4 Å². The molecule has 2 aromatic heterocycles. The molecule has 0 bridgehead atoms. The van der Waals surface area contributed by atoms with Crippen molar-refractivity contribution in [3.8, 4) is 0 Å². The van der Waals surface area contributed by atoms with Gasteiger partial charge in [-0.25, -0.2) is 4.39 Å². The molecule has 2 rings (SSSR count). The van der Waals surface area contributed by atoms with Crippen LogP contribution >= 0.6 is 11.3 Å². The largest absolute Gasteiger partial charge is 0.305 e. The van der Waals surface area contributed by atoms with Crippen molar-refractivity contribution in [2.24, 2.45) is 0 Å². The minimum Gasteiger partial charge on any atom is -0.305 e. The summed E-state index contributed by atoms with van der Waals surface area (Å²) in [4.78, 5) is 6.53. The average molecular weight is 264 g/mol. The molecular formula is C14H17FN2S. The Kier molecular flexibility index (Phi) is 4.09. The van der Waals surface area contributed by atoms with Gasteiger partial charge < -0.3 is 5.32 Å². The maximum absolute atomic E-state index is 13.1. The smallest absolute Gasteiger partial charge is 0.141 e. The molecule has 0 spiro atoms. The Morgan fingerprint density at radius 2 is 2.11 bits per heavy atom. The number of hydrogen-bond acceptors (Lipinski definition) is 3. The van der Waals surface area contributed by atoms with Crippen LogP contribution in [-0.4, -0.2) is 4.98 Å². The molecule has 1 unspecified atom stereocenters. The standard InChI is InChI=1S/C14H17FN2S/c1-9-4-14(18-11(9)3)8-17-10(2)12-5-13(15)7-16-6-12/h4-7,10,17H,8H2,1-3H3. The number of nitrogens with zero attached hydrogens (tertiary/aromatic N) is 1. The quantitative estimate of drug-likeness (QED) is 0.909. The summed E-state index contributed by atoms with van der Waals surface area (Å²) in [6.45, 7) is 7.07. The highest BCUT2D eigenvalue weighted by molar-refractivity contribution is 7.12. The van der Waals surface area contributed by atoms with Crippen molar-refractivity contribution in [1.29, 1.82) is 0 Å². The third-order valence-electron chi connectivity index (χ3n) is 3.03. The van der Waals surface area contributed by atoms with Crippen LogP contribution in [0.2, 0.25) is 0 Å². The van der Waals surface area contributed by atoms with Gasteiger partial charge in [-0.15, -0.1) is 11.3 Å². The fraction of sp³-hybridized carbons (Fsp3) is 0.357. The van der Waals surface area contributed by atoms with Gasteiger partial charge in [0.1, 0.15) is 5.82 Å². The number of nitrogens with one attached hydrogen (secondary N) is 1. The lowest BCUT2D eigenvalue weighted by molar-refractivity contribution is 0.564. The van der Waals surface area contributed by atoms with Gasteiger partial charge in [0.25, 0.3) is 0 Å². The van der Waals surface area contributed by atoms with Crippen LogP contribution in [0.15, 0.2) is 24.5 Å². The zero-order valence-electron chi connectivity index (χ0n) is 10.8. The molecule has 1 N–H and O–H groups in total.